The molecule has 2 fully saturated rings. The Morgan fingerprint density at radius 1 is 1.10 bits per heavy atom. The van der Waals surface area contributed by atoms with E-state index in [0.29, 0.717) is 56.9 Å². The number of piperidine rings is 1. The van der Waals surface area contributed by atoms with Gasteiger partial charge in [0.2, 0.25) is 11.7 Å². The number of rotatable bonds is 9. The van der Waals surface area contributed by atoms with E-state index in [2.05, 4.69) is 26.3 Å². The zero-order chi connectivity index (χ0) is 28.0. The normalized spacial score (nSPS) is 18.4. The van der Waals surface area contributed by atoms with Crippen LogP contribution >= 0.6 is 0 Å². The summed E-state index contributed by atoms with van der Waals surface area (Å²) in [6.45, 7) is 3.12. The van der Waals surface area contributed by atoms with Crippen molar-refractivity contribution in [2.75, 3.05) is 56.6 Å². The standard InChI is InChI=1S/C28H36F3N7O/c1-36(2)15-10-21-11-16-37(17-12-21)24-18-25(35-27(34-24)28(29,30)31)38-14-3-4-23(38)26(39)33-13-9-20-5-7-22(19-32)8-6-20/h5-8,18,21,23H,3-4,9-17H2,1-2H3,(H,33,39). The number of carbonyl (C=O) groups is 1. The molecule has 0 radical (unpaired) electrons. The topological polar surface area (TPSA) is 88.4 Å². The molecule has 4 rings (SSSR count). The fourth-order valence-electron chi connectivity index (χ4n) is 5.26. The Morgan fingerprint density at radius 2 is 1.79 bits per heavy atom. The summed E-state index contributed by atoms with van der Waals surface area (Å²) in [6, 6.07) is 10.2. The van der Waals surface area contributed by atoms with E-state index in [1.165, 1.54) is 0 Å². The van der Waals surface area contributed by atoms with Crippen molar-refractivity contribution in [1.29, 1.82) is 5.26 Å². The molecule has 0 saturated carbocycles. The first-order valence-electron chi connectivity index (χ1n) is 13.5. The van der Waals surface area contributed by atoms with Gasteiger partial charge in [0.25, 0.3) is 0 Å². The van der Waals surface area contributed by atoms with E-state index < -0.39 is 18.0 Å². The number of hydrogen-bond donors (Lipinski definition) is 1. The predicted octanol–water partition coefficient (Wildman–Crippen LogP) is 3.86. The van der Waals surface area contributed by atoms with Crippen molar-refractivity contribution >= 4 is 17.5 Å². The molecule has 1 unspecified atom stereocenters. The van der Waals surface area contributed by atoms with Gasteiger partial charge in [-0.05, 0) is 82.8 Å². The predicted molar refractivity (Wildman–Crippen MR) is 143 cm³/mol. The molecule has 1 N–H and O–H groups in total. The zero-order valence-corrected chi connectivity index (χ0v) is 22.5. The summed E-state index contributed by atoms with van der Waals surface area (Å²) in [5.41, 5.74) is 1.55. The maximum absolute atomic E-state index is 13.8. The van der Waals surface area contributed by atoms with Crippen LogP contribution in [0.3, 0.4) is 0 Å². The highest BCUT2D eigenvalue weighted by molar-refractivity contribution is 5.85. The Labute approximate surface area is 227 Å². The smallest absolute Gasteiger partial charge is 0.356 e. The molecule has 11 heteroatoms. The van der Waals surface area contributed by atoms with E-state index >= 15 is 0 Å². The van der Waals surface area contributed by atoms with Gasteiger partial charge >= 0.3 is 6.18 Å². The van der Waals surface area contributed by atoms with Gasteiger partial charge in [0.1, 0.15) is 17.7 Å². The van der Waals surface area contributed by atoms with Crippen molar-refractivity contribution in [3.63, 3.8) is 0 Å². The molecule has 1 aromatic carbocycles. The SMILES string of the molecule is CN(C)CCC1CCN(c2cc(N3CCCC3C(=O)NCCc3ccc(C#N)cc3)nc(C(F)(F)F)n2)CC1. The van der Waals surface area contributed by atoms with Crippen LogP contribution in [-0.2, 0) is 17.4 Å². The molecule has 3 heterocycles. The van der Waals surface area contributed by atoms with E-state index in [1.54, 1.807) is 23.1 Å². The third-order valence-corrected chi connectivity index (χ3v) is 7.52. The Morgan fingerprint density at radius 3 is 2.44 bits per heavy atom. The van der Waals surface area contributed by atoms with Crippen LogP contribution in [0.15, 0.2) is 30.3 Å². The molecule has 0 bridgehead atoms. The summed E-state index contributed by atoms with van der Waals surface area (Å²) in [4.78, 5) is 26.6. The van der Waals surface area contributed by atoms with Crippen molar-refractivity contribution in [1.82, 2.24) is 20.2 Å². The zero-order valence-electron chi connectivity index (χ0n) is 22.5. The molecule has 2 aliphatic rings. The van der Waals surface area contributed by atoms with Crippen LogP contribution in [0.4, 0.5) is 24.8 Å². The van der Waals surface area contributed by atoms with Crippen LogP contribution in [0.2, 0.25) is 0 Å². The summed E-state index contributed by atoms with van der Waals surface area (Å²) < 4.78 is 41.4. The lowest BCUT2D eigenvalue weighted by Crippen LogP contribution is -2.44. The van der Waals surface area contributed by atoms with E-state index in [4.69, 9.17) is 5.26 Å². The van der Waals surface area contributed by atoms with Crippen molar-refractivity contribution in [3.05, 3.63) is 47.3 Å². The Balaban J connectivity index is 1.44. The van der Waals surface area contributed by atoms with Gasteiger partial charge in [0, 0.05) is 32.2 Å². The fourth-order valence-corrected chi connectivity index (χ4v) is 5.26. The second kappa shape index (κ2) is 12.6. The number of carbonyl (C=O) groups excluding carboxylic acids is 1. The summed E-state index contributed by atoms with van der Waals surface area (Å²) in [5, 5.41) is 11.9. The van der Waals surface area contributed by atoms with Gasteiger partial charge in [-0.3, -0.25) is 4.79 Å². The van der Waals surface area contributed by atoms with Gasteiger partial charge < -0.3 is 20.0 Å². The van der Waals surface area contributed by atoms with Gasteiger partial charge in [0.05, 0.1) is 11.6 Å². The summed E-state index contributed by atoms with van der Waals surface area (Å²) in [7, 11) is 4.08. The molecule has 2 aliphatic heterocycles. The van der Waals surface area contributed by atoms with Crippen molar-refractivity contribution in [2.45, 2.75) is 50.7 Å². The highest BCUT2D eigenvalue weighted by Gasteiger charge is 2.38. The van der Waals surface area contributed by atoms with Gasteiger partial charge in [-0.15, -0.1) is 0 Å². The summed E-state index contributed by atoms with van der Waals surface area (Å²) >= 11 is 0. The minimum absolute atomic E-state index is 0.145. The molecular weight excluding hydrogens is 507 g/mol. The van der Waals surface area contributed by atoms with Gasteiger partial charge in [0.15, 0.2) is 0 Å². The van der Waals surface area contributed by atoms with Crippen LogP contribution in [0.1, 0.15) is 49.1 Å². The lowest BCUT2D eigenvalue weighted by molar-refractivity contribution is -0.144. The first kappa shape index (κ1) is 28.6. The molecule has 2 aromatic rings. The van der Waals surface area contributed by atoms with Crippen LogP contribution in [-0.4, -0.2) is 73.6 Å². The number of aromatic nitrogens is 2. The minimum Gasteiger partial charge on any atom is -0.356 e. The molecule has 0 aliphatic carbocycles. The minimum atomic E-state index is -4.69. The van der Waals surface area contributed by atoms with E-state index in [9.17, 15) is 18.0 Å². The molecule has 1 amide bonds. The first-order valence-corrected chi connectivity index (χ1v) is 13.5. The second-order valence-electron chi connectivity index (χ2n) is 10.6. The van der Waals surface area contributed by atoms with Gasteiger partial charge in [-0.2, -0.15) is 18.4 Å². The Bertz CT molecular complexity index is 1160. The van der Waals surface area contributed by atoms with Crippen molar-refractivity contribution in [2.24, 2.45) is 5.92 Å². The van der Waals surface area contributed by atoms with Crippen LogP contribution in [0.5, 0.6) is 0 Å². The lowest BCUT2D eigenvalue weighted by atomic mass is 9.93. The number of nitrogens with one attached hydrogen (secondary N) is 1. The van der Waals surface area contributed by atoms with E-state index in [-0.39, 0.29) is 17.5 Å². The molecule has 8 nitrogen and oxygen atoms in total. The largest absolute Gasteiger partial charge is 0.451 e. The molecule has 39 heavy (non-hydrogen) atoms. The Kier molecular flexibility index (Phi) is 9.28. The van der Waals surface area contributed by atoms with E-state index in [1.807, 2.05) is 31.1 Å². The quantitative estimate of drug-likeness (QED) is 0.514. The van der Waals surface area contributed by atoms with Crippen molar-refractivity contribution < 1.29 is 18.0 Å². The number of amides is 1. The molecule has 2 saturated heterocycles. The van der Waals surface area contributed by atoms with Gasteiger partial charge in [-0.25, -0.2) is 9.97 Å². The number of nitriles is 1. The summed E-state index contributed by atoms with van der Waals surface area (Å²) in [6.07, 6.45) is 0.00860. The molecule has 210 valence electrons. The maximum atomic E-state index is 13.8. The molecule has 1 aromatic heterocycles. The lowest BCUT2D eigenvalue weighted by Gasteiger charge is -2.34. The van der Waals surface area contributed by atoms with E-state index in [0.717, 1.165) is 31.4 Å². The fraction of sp³-hybridized carbons (Fsp3) is 0.571. The number of benzene rings is 1. The average Bonchev–Trinajstić information content (AvgIpc) is 3.42. The van der Waals surface area contributed by atoms with Crippen LogP contribution in [0.25, 0.3) is 0 Å². The first-order chi connectivity index (χ1) is 18.6. The third-order valence-electron chi connectivity index (χ3n) is 7.52. The number of hydrogen-bond acceptors (Lipinski definition) is 7. The maximum Gasteiger partial charge on any atom is 0.451 e. The number of halogens is 3. The highest BCUT2D eigenvalue weighted by Crippen LogP contribution is 2.34. The van der Waals surface area contributed by atoms with Crippen molar-refractivity contribution in [3.8, 4) is 6.07 Å². The second-order valence-corrected chi connectivity index (χ2v) is 10.6. The highest BCUT2D eigenvalue weighted by atomic mass is 19.4. The number of nitrogens with zero attached hydrogens (tertiary/aromatic N) is 6. The monoisotopic (exact) mass is 543 g/mol. The summed E-state index contributed by atoms with van der Waals surface area (Å²) in [5.74, 6) is -0.437. The number of alkyl halides is 3. The molecule has 0 spiro atoms. The molecular formula is C28H36F3N7O. The van der Waals surface area contributed by atoms with Gasteiger partial charge in [-0.1, -0.05) is 12.1 Å². The number of anilines is 2. The molecule has 1 atom stereocenters. The van der Waals surface area contributed by atoms with Crippen LogP contribution in [0, 0.1) is 17.2 Å². The third kappa shape index (κ3) is 7.60. The Hall–Kier alpha value is -3.39. The van der Waals surface area contributed by atoms with Crippen LogP contribution < -0.4 is 15.1 Å². The average molecular weight is 544 g/mol.